The number of aliphatic hydroxyl groups is 1. The Morgan fingerprint density at radius 2 is 2.11 bits per heavy atom. The standard InChI is InChI=1S/C14H24N2O2/c1-4-8-18-13-9-11(6-7-12(13)15)16-10-14(3,17)5-2/h6-7,9,16-17H,4-5,8,10,15H2,1-3H3. The maximum absolute atomic E-state index is 9.93. The Hall–Kier alpha value is -1.42. The molecular formula is C14H24N2O2. The third-order valence-electron chi connectivity index (χ3n) is 2.91. The van der Waals surface area contributed by atoms with E-state index in [1.807, 2.05) is 32.0 Å². The van der Waals surface area contributed by atoms with Crippen LogP contribution in [0.1, 0.15) is 33.6 Å². The Kier molecular flexibility index (Phi) is 5.28. The molecule has 0 aliphatic rings. The molecule has 4 N–H and O–H groups in total. The van der Waals surface area contributed by atoms with Crippen LogP contribution in [0.25, 0.3) is 0 Å². The third kappa shape index (κ3) is 4.45. The summed E-state index contributed by atoms with van der Waals surface area (Å²) >= 11 is 0. The van der Waals surface area contributed by atoms with E-state index in [2.05, 4.69) is 12.2 Å². The highest BCUT2D eigenvalue weighted by Gasteiger charge is 2.16. The molecule has 0 aromatic heterocycles. The third-order valence-corrected chi connectivity index (χ3v) is 2.91. The Balaban J connectivity index is 2.67. The number of nitrogen functional groups attached to an aromatic ring is 1. The Morgan fingerprint density at radius 3 is 2.72 bits per heavy atom. The summed E-state index contributed by atoms with van der Waals surface area (Å²) in [5.41, 5.74) is 6.68. The number of nitrogens with one attached hydrogen (secondary N) is 1. The van der Waals surface area contributed by atoms with Crippen molar-refractivity contribution in [2.75, 3.05) is 24.2 Å². The van der Waals surface area contributed by atoms with E-state index in [9.17, 15) is 5.11 Å². The first-order valence-corrected chi connectivity index (χ1v) is 6.47. The first-order chi connectivity index (χ1) is 8.48. The molecule has 4 nitrogen and oxygen atoms in total. The van der Waals surface area contributed by atoms with E-state index in [4.69, 9.17) is 10.5 Å². The van der Waals surface area contributed by atoms with Crippen LogP contribution >= 0.6 is 0 Å². The summed E-state index contributed by atoms with van der Waals surface area (Å²) in [4.78, 5) is 0. The average Bonchev–Trinajstić information content (AvgIpc) is 2.36. The molecular weight excluding hydrogens is 228 g/mol. The predicted octanol–water partition coefficient (Wildman–Crippen LogP) is 2.63. The van der Waals surface area contributed by atoms with Crippen LogP contribution in [0.5, 0.6) is 5.75 Å². The van der Waals surface area contributed by atoms with Gasteiger partial charge in [-0.15, -0.1) is 0 Å². The highest BCUT2D eigenvalue weighted by atomic mass is 16.5. The summed E-state index contributed by atoms with van der Waals surface area (Å²) in [7, 11) is 0. The van der Waals surface area contributed by atoms with Crippen molar-refractivity contribution < 1.29 is 9.84 Å². The van der Waals surface area contributed by atoms with E-state index in [0.29, 0.717) is 31.0 Å². The molecule has 0 amide bonds. The lowest BCUT2D eigenvalue weighted by Gasteiger charge is -2.22. The number of ether oxygens (including phenoxy) is 1. The molecule has 18 heavy (non-hydrogen) atoms. The molecule has 0 aliphatic heterocycles. The van der Waals surface area contributed by atoms with E-state index >= 15 is 0 Å². The van der Waals surface area contributed by atoms with Gasteiger partial charge in [-0.25, -0.2) is 0 Å². The molecule has 0 radical (unpaired) electrons. The van der Waals surface area contributed by atoms with Crippen LogP contribution < -0.4 is 15.8 Å². The average molecular weight is 252 g/mol. The normalized spacial score (nSPS) is 14.0. The maximum atomic E-state index is 9.93. The van der Waals surface area contributed by atoms with Gasteiger partial charge in [0, 0.05) is 18.3 Å². The van der Waals surface area contributed by atoms with Crippen LogP contribution in [0.2, 0.25) is 0 Å². The van der Waals surface area contributed by atoms with Crippen LogP contribution in [-0.4, -0.2) is 23.9 Å². The van der Waals surface area contributed by atoms with Crippen LogP contribution in [-0.2, 0) is 0 Å². The van der Waals surface area contributed by atoms with E-state index < -0.39 is 5.60 Å². The summed E-state index contributed by atoms with van der Waals surface area (Å²) in [5.74, 6) is 0.693. The maximum Gasteiger partial charge on any atom is 0.144 e. The van der Waals surface area contributed by atoms with Gasteiger partial charge in [-0.05, 0) is 31.9 Å². The molecule has 0 saturated carbocycles. The van der Waals surface area contributed by atoms with Gasteiger partial charge >= 0.3 is 0 Å². The lowest BCUT2D eigenvalue weighted by molar-refractivity contribution is 0.0697. The second-order valence-corrected chi connectivity index (χ2v) is 4.81. The molecule has 0 spiro atoms. The van der Waals surface area contributed by atoms with Gasteiger partial charge in [0.25, 0.3) is 0 Å². The van der Waals surface area contributed by atoms with Crippen molar-refractivity contribution in [1.82, 2.24) is 0 Å². The minimum Gasteiger partial charge on any atom is -0.491 e. The molecule has 1 rings (SSSR count). The van der Waals surface area contributed by atoms with Crippen LogP contribution in [0.15, 0.2) is 18.2 Å². The second kappa shape index (κ2) is 6.50. The van der Waals surface area contributed by atoms with Crippen molar-refractivity contribution in [2.24, 2.45) is 0 Å². The summed E-state index contributed by atoms with van der Waals surface area (Å²) in [6.45, 7) is 6.98. The monoisotopic (exact) mass is 252 g/mol. The summed E-state index contributed by atoms with van der Waals surface area (Å²) in [6, 6.07) is 5.57. The molecule has 0 saturated heterocycles. The van der Waals surface area contributed by atoms with Gasteiger partial charge in [-0.2, -0.15) is 0 Å². The van der Waals surface area contributed by atoms with Gasteiger partial charge in [0.05, 0.1) is 17.9 Å². The van der Waals surface area contributed by atoms with Crippen LogP contribution in [0, 0.1) is 0 Å². The molecule has 0 heterocycles. The number of hydrogen-bond donors (Lipinski definition) is 3. The van der Waals surface area contributed by atoms with Crippen LogP contribution in [0.3, 0.4) is 0 Å². The van der Waals surface area contributed by atoms with Gasteiger partial charge in [-0.1, -0.05) is 13.8 Å². The van der Waals surface area contributed by atoms with Crippen molar-refractivity contribution in [3.63, 3.8) is 0 Å². The SMILES string of the molecule is CCCOc1cc(NCC(C)(O)CC)ccc1N. The Morgan fingerprint density at radius 1 is 1.39 bits per heavy atom. The Bertz CT molecular complexity index is 378. The van der Waals surface area contributed by atoms with Crippen molar-refractivity contribution in [2.45, 2.75) is 39.2 Å². The zero-order valence-electron chi connectivity index (χ0n) is 11.5. The molecule has 102 valence electrons. The predicted molar refractivity (Wildman–Crippen MR) is 76.0 cm³/mol. The largest absolute Gasteiger partial charge is 0.491 e. The van der Waals surface area contributed by atoms with E-state index in [-0.39, 0.29) is 0 Å². The van der Waals surface area contributed by atoms with Gasteiger partial charge in [0.1, 0.15) is 5.75 Å². The van der Waals surface area contributed by atoms with E-state index in [0.717, 1.165) is 12.1 Å². The summed E-state index contributed by atoms with van der Waals surface area (Å²) < 4.78 is 5.56. The van der Waals surface area contributed by atoms with Crippen molar-refractivity contribution >= 4 is 11.4 Å². The lowest BCUT2D eigenvalue weighted by Crippen LogP contribution is -2.32. The van der Waals surface area contributed by atoms with Gasteiger partial charge < -0.3 is 20.9 Å². The van der Waals surface area contributed by atoms with Crippen molar-refractivity contribution in [3.05, 3.63) is 18.2 Å². The fourth-order valence-corrected chi connectivity index (χ4v) is 1.40. The molecule has 0 bridgehead atoms. The van der Waals surface area contributed by atoms with Crippen LogP contribution in [0.4, 0.5) is 11.4 Å². The highest BCUT2D eigenvalue weighted by molar-refractivity contribution is 5.61. The minimum absolute atomic E-state index is 0.501. The topological polar surface area (TPSA) is 67.5 Å². The number of hydrogen-bond acceptors (Lipinski definition) is 4. The zero-order chi connectivity index (χ0) is 13.6. The van der Waals surface area contributed by atoms with Gasteiger partial charge in [-0.3, -0.25) is 0 Å². The molecule has 1 aromatic rings. The smallest absolute Gasteiger partial charge is 0.144 e. The van der Waals surface area contributed by atoms with Gasteiger partial charge in [0.2, 0.25) is 0 Å². The molecule has 4 heteroatoms. The zero-order valence-corrected chi connectivity index (χ0v) is 11.5. The van der Waals surface area contributed by atoms with Crippen molar-refractivity contribution in [3.8, 4) is 5.75 Å². The molecule has 0 aliphatic carbocycles. The summed E-state index contributed by atoms with van der Waals surface area (Å²) in [5, 5.41) is 13.1. The number of nitrogens with two attached hydrogens (primary N) is 1. The minimum atomic E-state index is -0.703. The van der Waals surface area contributed by atoms with E-state index in [1.54, 1.807) is 0 Å². The van der Waals surface area contributed by atoms with E-state index in [1.165, 1.54) is 0 Å². The number of anilines is 2. The molecule has 1 unspecified atom stereocenters. The van der Waals surface area contributed by atoms with Gasteiger partial charge in [0.15, 0.2) is 0 Å². The fourth-order valence-electron chi connectivity index (χ4n) is 1.40. The lowest BCUT2D eigenvalue weighted by atomic mass is 10.0. The molecule has 1 aromatic carbocycles. The first kappa shape index (κ1) is 14.6. The quantitative estimate of drug-likeness (QED) is 0.653. The fraction of sp³-hybridized carbons (Fsp3) is 0.571. The number of rotatable bonds is 7. The summed E-state index contributed by atoms with van der Waals surface area (Å²) in [6.07, 6.45) is 1.65. The highest BCUT2D eigenvalue weighted by Crippen LogP contribution is 2.26. The molecule has 0 fully saturated rings. The second-order valence-electron chi connectivity index (χ2n) is 4.81. The molecule has 1 atom stereocenters. The Labute approximate surface area is 109 Å². The van der Waals surface area contributed by atoms with Crippen molar-refractivity contribution in [1.29, 1.82) is 0 Å². The first-order valence-electron chi connectivity index (χ1n) is 6.47. The number of benzene rings is 1.